The van der Waals surface area contributed by atoms with E-state index in [0.29, 0.717) is 0 Å². The molecule has 0 radical (unpaired) electrons. The molecule has 0 fully saturated rings. The summed E-state index contributed by atoms with van der Waals surface area (Å²) in [6.45, 7) is 8.43. The van der Waals surface area contributed by atoms with Crippen LogP contribution in [0.25, 0.3) is 5.65 Å². The summed E-state index contributed by atoms with van der Waals surface area (Å²) in [5, 5.41) is 7.82. The van der Waals surface area contributed by atoms with Crippen LogP contribution in [-0.2, 0) is 6.54 Å². The molecule has 1 N–H and O–H groups in total. The lowest BCUT2D eigenvalue weighted by molar-refractivity contribution is 0.527. The first-order chi connectivity index (χ1) is 8.65. The number of aromatic nitrogens is 3. The summed E-state index contributed by atoms with van der Waals surface area (Å²) in [6, 6.07) is 1.99. The predicted molar refractivity (Wildman–Crippen MR) is 73.5 cm³/mol. The van der Waals surface area contributed by atoms with Crippen LogP contribution in [0.4, 0.5) is 0 Å². The Morgan fingerprint density at radius 3 is 3.00 bits per heavy atom. The average Bonchev–Trinajstić information content (AvgIpc) is 2.67. The molecule has 2 heterocycles. The van der Waals surface area contributed by atoms with E-state index in [-0.39, 0.29) is 0 Å². The second-order valence-electron chi connectivity index (χ2n) is 5.26. The van der Waals surface area contributed by atoms with Crippen LogP contribution in [0.2, 0.25) is 0 Å². The first-order valence-corrected chi connectivity index (χ1v) is 6.67. The van der Waals surface area contributed by atoms with Gasteiger partial charge in [0, 0.05) is 30.6 Å². The van der Waals surface area contributed by atoms with Crippen LogP contribution in [0.15, 0.2) is 18.5 Å². The Morgan fingerprint density at radius 1 is 1.39 bits per heavy atom. The minimum absolute atomic E-state index is 0.789. The maximum Gasteiger partial charge on any atom is 0.155 e. The molecule has 2 aromatic heterocycles. The SMILES string of the molecule is Cc1cc2ncc(CNCCCC(C)C)cn2n1. The van der Waals surface area contributed by atoms with Crippen molar-refractivity contribution in [1.82, 2.24) is 19.9 Å². The van der Waals surface area contributed by atoms with Crippen LogP contribution in [0.3, 0.4) is 0 Å². The predicted octanol–water partition coefficient (Wildman–Crippen LogP) is 2.56. The number of hydrogen-bond donors (Lipinski definition) is 1. The first kappa shape index (κ1) is 13.0. The quantitative estimate of drug-likeness (QED) is 0.797. The van der Waals surface area contributed by atoms with E-state index in [1.807, 2.05) is 29.9 Å². The number of fused-ring (bicyclic) bond motifs is 1. The maximum atomic E-state index is 4.39. The molecule has 0 aliphatic carbocycles. The Balaban J connectivity index is 1.84. The van der Waals surface area contributed by atoms with Gasteiger partial charge in [-0.1, -0.05) is 13.8 Å². The van der Waals surface area contributed by atoms with Crippen LogP contribution in [0.1, 0.15) is 37.9 Å². The van der Waals surface area contributed by atoms with Crippen molar-refractivity contribution in [2.45, 2.75) is 40.2 Å². The number of nitrogens with one attached hydrogen (secondary N) is 1. The molecule has 0 atom stereocenters. The fourth-order valence-corrected chi connectivity index (χ4v) is 1.99. The van der Waals surface area contributed by atoms with Gasteiger partial charge in [0.2, 0.25) is 0 Å². The van der Waals surface area contributed by atoms with Gasteiger partial charge in [-0.3, -0.25) is 0 Å². The summed E-state index contributed by atoms with van der Waals surface area (Å²) in [5.41, 5.74) is 3.09. The van der Waals surface area contributed by atoms with E-state index in [1.165, 1.54) is 18.4 Å². The lowest BCUT2D eigenvalue weighted by Gasteiger charge is -2.06. The Kier molecular flexibility index (Phi) is 4.31. The van der Waals surface area contributed by atoms with E-state index >= 15 is 0 Å². The lowest BCUT2D eigenvalue weighted by Crippen LogP contribution is -2.15. The fraction of sp³-hybridized carbons (Fsp3) is 0.571. The van der Waals surface area contributed by atoms with E-state index in [0.717, 1.165) is 30.3 Å². The second kappa shape index (κ2) is 5.96. The van der Waals surface area contributed by atoms with Crippen molar-refractivity contribution in [3.8, 4) is 0 Å². The van der Waals surface area contributed by atoms with Gasteiger partial charge in [0.25, 0.3) is 0 Å². The molecule has 0 aromatic carbocycles. The molecule has 2 rings (SSSR count). The Morgan fingerprint density at radius 2 is 2.22 bits per heavy atom. The first-order valence-electron chi connectivity index (χ1n) is 6.67. The Labute approximate surface area is 108 Å². The summed E-state index contributed by atoms with van der Waals surface area (Å²) in [5.74, 6) is 0.789. The molecule has 0 amide bonds. The maximum absolute atomic E-state index is 4.39. The molecule has 0 saturated carbocycles. The van der Waals surface area contributed by atoms with Gasteiger partial charge in [0.05, 0.1) is 5.69 Å². The third kappa shape index (κ3) is 3.53. The third-order valence-corrected chi connectivity index (χ3v) is 2.95. The molecule has 0 unspecified atom stereocenters. The molecule has 0 spiro atoms. The van der Waals surface area contributed by atoms with E-state index in [2.05, 4.69) is 29.2 Å². The summed E-state index contributed by atoms with van der Waals surface area (Å²) >= 11 is 0. The zero-order valence-corrected chi connectivity index (χ0v) is 11.5. The molecule has 98 valence electrons. The van der Waals surface area contributed by atoms with Crippen molar-refractivity contribution in [3.63, 3.8) is 0 Å². The number of hydrogen-bond acceptors (Lipinski definition) is 3. The molecule has 0 saturated heterocycles. The zero-order valence-electron chi connectivity index (χ0n) is 11.5. The molecule has 0 bridgehead atoms. The monoisotopic (exact) mass is 246 g/mol. The van der Waals surface area contributed by atoms with Gasteiger partial charge in [0.1, 0.15) is 0 Å². The number of rotatable bonds is 6. The Hall–Kier alpha value is -1.42. The van der Waals surface area contributed by atoms with Crippen LogP contribution < -0.4 is 5.32 Å². The van der Waals surface area contributed by atoms with E-state index in [9.17, 15) is 0 Å². The zero-order chi connectivity index (χ0) is 13.0. The largest absolute Gasteiger partial charge is 0.313 e. The second-order valence-corrected chi connectivity index (χ2v) is 5.26. The molecule has 2 aromatic rings. The summed E-state index contributed by atoms with van der Waals surface area (Å²) in [6.07, 6.45) is 6.48. The molecular formula is C14H22N4. The molecule has 0 aliphatic rings. The molecular weight excluding hydrogens is 224 g/mol. The highest BCUT2D eigenvalue weighted by molar-refractivity contribution is 5.38. The van der Waals surface area contributed by atoms with Gasteiger partial charge >= 0.3 is 0 Å². The molecule has 0 aliphatic heterocycles. The summed E-state index contributed by atoms with van der Waals surface area (Å²) in [4.78, 5) is 4.39. The van der Waals surface area contributed by atoms with E-state index in [4.69, 9.17) is 0 Å². The van der Waals surface area contributed by atoms with Crippen LogP contribution in [-0.4, -0.2) is 21.1 Å². The summed E-state index contributed by atoms with van der Waals surface area (Å²) in [7, 11) is 0. The van der Waals surface area contributed by atoms with Gasteiger partial charge in [-0.05, 0) is 32.2 Å². The highest BCUT2D eigenvalue weighted by Crippen LogP contribution is 2.05. The van der Waals surface area contributed by atoms with Crippen molar-refractivity contribution < 1.29 is 0 Å². The average molecular weight is 246 g/mol. The van der Waals surface area contributed by atoms with Crippen molar-refractivity contribution in [2.24, 2.45) is 5.92 Å². The van der Waals surface area contributed by atoms with Gasteiger partial charge < -0.3 is 5.32 Å². The fourth-order valence-electron chi connectivity index (χ4n) is 1.99. The van der Waals surface area contributed by atoms with Gasteiger partial charge in [-0.15, -0.1) is 0 Å². The standard InChI is InChI=1S/C14H22N4/c1-11(2)5-4-6-15-8-13-9-16-14-7-12(3)17-18(14)10-13/h7,9-11,15H,4-6,8H2,1-3H3. The Bertz CT molecular complexity index is 501. The minimum Gasteiger partial charge on any atom is -0.313 e. The van der Waals surface area contributed by atoms with Crippen LogP contribution >= 0.6 is 0 Å². The van der Waals surface area contributed by atoms with Crippen molar-refractivity contribution in [3.05, 3.63) is 29.7 Å². The topological polar surface area (TPSA) is 42.2 Å². The lowest BCUT2D eigenvalue weighted by atomic mass is 10.1. The highest BCUT2D eigenvalue weighted by atomic mass is 15.2. The van der Waals surface area contributed by atoms with Crippen LogP contribution in [0.5, 0.6) is 0 Å². The number of aryl methyl sites for hydroxylation is 1. The van der Waals surface area contributed by atoms with Crippen molar-refractivity contribution in [2.75, 3.05) is 6.54 Å². The summed E-state index contributed by atoms with van der Waals surface area (Å²) < 4.78 is 1.85. The van der Waals surface area contributed by atoms with E-state index in [1.54, 1.807) is 0 Å². The van der Waals surface area contributed by atoms with E-state index < -0.39 is 0 Å². The van der Waals surface area contributed by atoms with Gasteiger partial charge in [-0.25, -0.2) is 9.50 Å². The van der Waals surface area contributed by atoms with Crippen LogP contribution in [0, 0.1) is 12.8 Å². The molecule has 4 nitrogen and oxygen atoms in total. The molecule has 4 heteroatoms. The van der Waals surface area contributed by atoms with Crippen molar-refractivity contribution >= 4 is 5.65 Å². The third-order valence-electron chi connectivity index (χ3n) is 2.95. The molecule has 18 heavy (non-hydrogen) atoms. The number of nitrogens with zero attached hydrogens (tertiary/aromatic N) is 3. The normalized spacial score (nSPS) is 11.6. The minimum atomic E-state index is 0.789. The van der Waals surface area contributed by atoms with Gasteiger partial charge in [0.15, 0.2) is 5.65 Å². The highest BCUT2D eigenvalue weighted by Gasteiger charge is 2.00. The smallest absolute Gasteiger partial charge is 0.155 e. The van der Waals surface area contributed by atoms with Crippen molar-refractivity contribution in [1.29, 1.82) is 0 Å². The van der Waals surface area contributed by atoms with Gasteiger partial charge in [-0.2, -0.15) is 5.10 Å².